The Balaban J connectivity index is 1.60. The molecule has 0 bridgehead atoms. The van der Waals surface area contributed by atoms with Gasteiger partial charge in [-0.25, -0.2) is 10.1 Å². The van der Waals surface area contributed by atoms with Gasteiger partial charge in [0, 0.05) is 5.56 Å². The maximum absolute atomic E-state index is 12.1. The Bertz CT molecular complexity index is 852. The molecule has 7 heteroatoms. The molecule has 0 radical (unpaired) electrons. The van der Waals surface area contributed by atoms with Gasteiger partial charge in [-0.1, -0.05) is 38.1 Å². The number of carbonyl (C=O) groups is 1. The molecule has 0 unspecified atom stereocenters. The molecule has 3 rings (SSSR count). The number of hydrogen-bond acceptors (Lipinski definition) is 5. The van der Waals surface area contributed by atoms with E-state index in [2.05, 4.69) is 52.0 Å². The zero-order valence-corrected chi connectivity index (χ0v) is 14.0. The molecule has 0 fully saturated rings. The van der Waals surface area contributed by atoms with E-state index < -0.39 is 0 Å². The minimum absolute atomic E-state index is 0.279. The standard InChI is InChI=1S/C18H18N6O/c1-13(2)15-5-3-14(4-6-15)11-19-21-18(25)16-7-9-17(10-8-16)24-12-20-22-23-24/h3-13H,1-2H3,(H,21,25)/b19-11-. The summed E-state index contributed by atoms with van der Waals surface area (Å²) in [4.78, 5) is 12.1. The van der Waals surface area contributed by atoms with E-state index in [-0.39, 0.29) is 5.91 Å². The molecule has 0 saturated carbocycles. The molecule has 3 aromatic rings. The number of tetrazole rings is 1. The Morgan fingerprint density at radius 1 is 1.12 bits per heavy atom. The molecule has 0 aliphatic rings. The van der Waals surface area contributed by atoms with Crippen molar-refractivity contribution in [1.82, 2.24) is 25.6 Å². The third-order valence-corrected chi connectivity index (χ3v) is 3.73. The lowest BCUT2D eigenvalue weighted by Crippen LogP contribution is -2.17. The van der Waals surface area contributed by atoms with Gasteiger partial charge in [0.2, 0.25) is 0 Å². The molecular formula is C18H18N6O. The second kappa shape index (κ2) is 7.48. The van der Waals surface area contributed by atoms with E-state index in [1.807, 2.05) is 12.1 Å². The molecule has 126 valence electrons. The van der Waals surface area contributed by atoms with Gasteiger partial charge >= 0.3 is 0 Å². The van der Waals surface area contributed by atoms with Crippen LogP contribution < -0.4 is 5.43 Å². The average Bonchev–Trinajstić information content (AvgIpc) is 3.17. The third-order valence-electron chi connectivity index (χ3n) is 3.73. The van der Waals surface area contributed by atoms with Gasteiger partial charge in [0.1, 0.15) is 6.33 Å². The van der Waals surface area contributed by atoms with Crippen molar-refractivity contribution >= 4 is 12.1 Å². The molecule has 25 heavy (non-hydrogen) atoms. The number of aromatic nitrogens is 4. The first-order chi connectivity index (χ1) is 12.1. The van der Waals surface area contributed by atoms with Gasteiger partial charge in [0.25, 0.3) is 5.91 Å². The summed E-state index contributed by atoms with van der Waals surface area (Å²) in [5, 5.41) is 14.9. The minimum atomic E-state index is -0.279. The van der Waals surface area contributed by atoms with Gasteiger partial charge in [-0.2, -0.15) is 5.10 Å². The summed E-state index contributed by atoms with van der Waals surface area (Å²) in [6.45, 7) is 4.29. The van der Waals surface area contributed by atoms with Crippen molar-refractivity contribution in [2.75, 3.05) is 0 Å². The molecule has 1 aromatic heterocycles. The number of nitrogens with zero attached hydrogens (tertiary/aromatic N) is 5. The summed E-state index contributed by atoms with van der Waals surface area (Å²) < 4.78 is 1.51. The summed E-state index contributed by atoms with van der Waals surface area (Å²) in [6.07, 6.45) is 3.11. The van der Waals surface area contributed by atoms with Crippen molar-refractivity contribution in [2.24, 2.45) is 5.10 Å². The highest BCUT2D eigenvalue weighted by atomic mass is 16.2. The Kier molecular flexibility index (Phi) is 4.94. The summed E-state index contributed by atoms with van der Waals surface area (Å²) >= 11 is 0. The van der Waals surface area contributed by atoms with Crippen LogP contribution in [-0.4, -0.2) is 32.3 Å². The van der Waals surface area contributed by atoms with Gasteiger partial charge in [-0.05, 0) is 51.7 Å². The molecule has 0 aliphatic heterocycles. The molecule has 0 spiro atoms. The molecular weight excluding hydrogens is 316 g/mol. The molecule has 1 amide bonds. The van der Waals surface area contributed by atoms with E-state index in [1.54, 1.807) is 30.5 Å². The summed E-state index contributed by atoms with van der Waals surface area (Å²) in [6, 6.07) is 15.0. The maximum Gasteiger partial charge on any atom is 0.271 e. The summed E-state index contributed by atoms with van der Waals surface area (Å²) in [7, 11) is 0. The van der Waals surface area contributed by atoms with Crippen LogP contribution in [0, 0.1) is 0 Å². The Morgan fingerprint density at radius 3 is 2.44 bits per heavy atom. The summed E-state index contributed by atoms with van der Waals surface area (Å²) in [5.74, 6) is 0.209. The van der Waals surface area contributed by atoms with Crippen LogP contribution in [0.1, 0.15) is 41.3 Å². The van der Waals surface area contributed by atoms with Gasteiger partial charge < -0.3 is 0 Å². The highest BCUT2D eigenvalue weighted by Gasteiger charge is 2.05. The number of carbonyl (C=O) groups excluding carboxylic acids is 1. The first-order valence-electron chi connectivity index (χ1n) is 7.90. The molecule has 0 atom stereocenters. The second-order valence-corrected chi connectivity index (χ2v) is 5.82. The molecule has 0 aliphatic carbocycles. The highest BCUT2D eigenvalue weighted by Crippen LogP contribution is 2.13. The highest BCUT2D eigenvalue weighted by molar-refractivity contribution is 5.95. The number of nitrogens with one attached hydrogen (secondary N) is 1. The minimum Gasteiger partial charge on any atom is -0.267 e. The van der Waals surface area contributed by atoms with Crippen LogP contribution >= 0.6 is 0 Å². The lowest BCUT2D eigenvalue weighted by Gasteiger charge is -2.04. The molecule has 2 aromatic carbocycles. The fourth-order valence-electron chi connectivity index (χ4n) is 2.24. The largest absolute Gasteiger partial charge is 0.271 e. The smallest absolute Gasteiger partial charge is 0.267 e. The molecule has 0 saturated heterocycles. The first kappa shape index (κ1) is 16.5. The van der Waals surface area contributed by atoms with Crippen molar-refractivity contribution in [3.8, 4) is 5.69 Å². The normalized spacial score (nSPS) is 11.2. The average molecular weight is 334 g/mol. The van der Waals surface area contributed by atoms with Crippen LogP contribution in [0.15, 0.2) is 60.0 Å². The number of benzene rings is 2. The van der Waals surface area contributed by atoms with E-state index in [0.717, 1.165) is 11.3 Å². The maximum atomic E-state index is 12.1. The number of hydrogen-bond donors (Lipinski definition) is 1. The Morgan fingerprint density at radius 2 is 1.84 bits per heavy atom. The predicted molar refractivity (Wildman–Crippen MR) is 94.7 cm³/mol. The number of amides is 1. The Hall–Kier alpha value is -3.35. The molecule has 7 nitrogen and oxygen atoms in total. The van der Waals surface area contributed by atoms with Gasteiger partial charge in [0.15, 0.2) is 0 Å². The van der Waals surface area contributed by atoms with Crippen LogP contribution in [0.3, 0.4) is 0 Å². The zero-order chi connectivity index (χ0) is 17.6. The number of hydrazone groups is 1. The fraction of sp³-hybridized carbons (Fsp3) is 0.167. The van der Waals surface area contributed by atoms with E-state index in [9.17, 15) is 4.79 Å². The van der Waals surface area contributed by atoms with Crippen LogP contribution in [-0.2, 0) is 0 Å². The van der Waals surface area contributed by atoms with Crippen molar-refractivity contribution in [3.05, 3.63) is 71.5 Å². The molecule has 1 heterocycles. The van der Waals surface area contributed by atoms with Crippen molar-refractivity contribution in [2.45, 2.75) is 19.8 Å². The first-order valence-corrected chi connectivity index (χ1v) is 7.90. The predicted octanol–water partition coefficient (Wildman–Crippen LogP) is 2.55. The Labute approximate surface area is 145 Å². The second-order valence-electron chi connectivity index (χ2n) is 5.82. The van der Waals surface area contributed by atoms with Crippen LogP contribution in [0.5, 0.6) is 0 Å². The topological polar surface area (TPSA) is 85.1 Å². The van der Waals surface area contributed by atoms with Crippen LogP contribution in [0.25, 0.3) is 5.69 Å². The van der Waals surface area contributed by atoms with Gasteiger partial charge in [-0.15, -0.1) is 5.10 Å². The summed E-state index contributed by atoms with van der Waals surface area (Å²) in [5.41, 5.74) is 6.00. The van der Waals surface area contributed by atoms with E-state index >= 15 is 0 Å². The lowest BCUT2D eigenvalue weighted by molar-refractivity contribution is 0.0955. The zero-order valence-electron chi connectivity index (χ0n) is 14.0. The number of rotatable bonds is 5. The van der Waals surface area contributed by atoms with Crippen molar-refractivity contribution in [1.29, 1.82) is 0 Å². The quantitative estimate of drug-likeness (QED) is 0.574. The SMILES string of the molecule is CC(C)c1ccc(/C=N\NC(=O)c2ccc(-n3cnnn3)cc2)cc1. The third kappa shape index (κ3) is 4.14. The molecule has 1 N–H and O–H groups in total. The van der Waals surface area contributed by atoms with E-state index in [0.29, 0.717) is 11.5 Å². The van der Waals surface area contributed by atoms with Crippen LogP contribution in [0.4, 0.5) is 0 Å². The van der Waals surface area contributed by atoms with Crippen LogP contribution in [0.2, 0.25) is 0 Å². The lowest BCUT2D eigenvalue weighted by atomic mass is 10.0. The van der Waals surface area contributed by atoms with Gasteiger partial charge in [0.05, 0.1) is 11.9 Å². The van der Waals surface area contributed by atoms with E-state index in [1.165, 1.54) is 16.6 Å². The monoisotopic (exact) mass is 334 g/mol. The van der Waals surface area contributed by atoms with Gasteiger partial charge in [-0.3, -0.25) is 4.79 Å². The van der Waals surface area contributed by atoms with Crippen molar-refractivity contribution in [3.63, 3.8) is 0 Å². The van der Waals surface area contributed by atoms with E-state index in [4.69, 9.17) is 0 Å². The fourth-order valence-corrected chi connectivity index (χ4v) is 2.24. The van der Waals surface area contributed by atoms with Crippen molar-refractivity contribution < 1.29 is 4.79 Å².